The van der Waals surface area contributed by atoms with E-state index < -0.39 is 0 Å². The van der Waals surface area contributed by atoms with Gasteiger partial charge in [-0.1, -0.05) is 45.4 Å². The van der Waals surface area contributed by atoms with Gasteiger partial charge < -0.3 is 11.1 Å². The van der Waals surface area contributed by atoms with Crippen molar-refractivity contribution in [3.8, 4) is 0 Å². The number of Topliss-reactive ketones (excluding diaryl/α,β-unsaturated/α-hetero) is 1. The molecule has 0 amide bonds. The number of rotatable bonds is 7. The van der Waals surface area contributed by atoms with Crippen molar-refractivity contribution in [1.82, 2.24) is 0 Å². The highest BCUT2D eigenvalue weighted by Gasteiger charge is 2.35. The summed E-state index contributed by atoms with van der Waals surface area (Å²) in [4.78, 5) is 13.1. The van der Waals surface area contributed by atoms with Crippen LogP contribution in [0, 0.1) is 23.7 Å². The van der Waals surface area contributed by atoms with Crippen molar-refractivity contribution < 1.29 is 4.79 Å². The fourth-order valence-electron chi connectivity index (χ4n) is 4.01. The number of benzene rings is 1. The number of nitrogens with two attached hydrogens (primary N) is 1. The van der Waals surface area contributed by atoms with E-state index in [1.807, 2.05) is 19.1 Å². The Bertz CT molecular complexity index is 538. The maximum absolute atomic E-state index is 13.1. The average Bonchev–Trinajstić information content (AvgIpc) is 2.53. The topological polar surface area (TPSA) is 55.1 Å². The van der Waals surface area contributed by atoms with Crippen LogP contribution in [0.15, 0.2) is 24.3 Å². The third kappa shape index (κ3) is 5.07. The predicted octanol–water partition coefficient (Wildman–Crippen LogP) is 4.27. The number of nitrogens with one attached hydrogen (secondary N) is 1. The van der Waals surface area contributed by atoms with Gasteiger partial charge in [-0.3, -0.25) is 4.79 Å². The van der Waals surface area contributed by atoms with Gasteiger partial charge in [-0.05, 0) is 49.1 Å². The van der Waals surface area contributed by atoms with Crippen LogP contribution in [0.1, 0.15) is 52.5 Å². The highest BCUT2D eigenvalue weighted by atomic mass is 16.1. The molecule has 0 radical (unpaired) electrons. The maximum atomic E-state index is 13.1. The summed E-state index contributed by atoms with van der Waals surface area (Å²) < 4.78 is 0. The van der Waals surface area contributed by atoms with Crippen LogP contribution < -0.4 is 11.1 Å². The van der Waals surface area contributed by atoms with E-state index in [1.165, 1.54) is 12.8 Å². The Labute approximate surface area is 147 Å². The lowest BCUT2D eigenvalue weighted by Crippen LogP contribution is -2.34. The first-order valence-electron chi connectivity index (χ1n) is 9.48. The second kappa shape index (κ2) is 8.66. The summed E-state index contributed by atoms with van der Waals surface area (Å²) in [5, 5.41) is 3.39. The lowest BCUT2D eigenvalue weighted by molar-refractivity contribution is -0.126. The molecule has 3 heteroatoms. The molecule has 1 saturated carbocycles. The monoisotopic (exact) mass is 330 g/mol. The van der Waals surface area contributed by atoms with Crippen LogP contribution in [0.3, 0.4) is 0 Å². The first-order valence-corrected chi connectivity index (χ1v) is 9.48. The van der Waals surface area contributed by atoms with E-state index in [4.69, 9.17) is 5.73 Å². The van der Waals surface area contributed by atoms with Crippen LogP contribution in [0.25, 0.3) is 0 Å². The van der Waals surface area contributed by atoms with E-state index in [9.17, 15) is 4.79 Å². The van der Waals surface area contributed by atoms with E-state index in [0.29, 0.717) is 30.0 Å². The zero-order valence-corrected chi connectivity index (χ0v) is 15.7. The smallest absolute Gasteiger partial charge is 0.140 e. The minimum Gasteiger partial charge on any atom is -0.383 e. The first kappa shape index (κ1) is 19.0. The standard InChI is InChI=1S/C21H34N2O/c1-14(2)18-10-9-15(3)11-19(18)21(24)12-17-7-5-6-8-20(17)23-13-16(4)22/h5-8,14-16,18-19,23H,9-13,22H2,1-4H3/t15-,16-,18+,19-/m1/s1. The summed E-state index contributed by atoms with van der Waals surface area (Å²) in [5.74, 6) is 2.42. The highest BCUT2D eigenvalue weighted by Crippen LogP contribution is 2.39. The molecule has 1 fully saturated rings. The quantitative estimate of drug-likeness (QED) is 0.785. The van der Waals surface area contributed by atoms with Gasteiger partial charge in [0, 0.05) is 30.6 Å². The Balaban J connectivity index is 2.10. The molecule has 24 heavy (non-hydrogen) atoms. The number of anilines is 1. The minimum absolute atomic E-state index is 0.0956. The zero-order chi connectivity index (χ0) is 17.7. The minimum atomic E-state index is 0.0956. The van der Waals surface area contributed by atoms with Crippen molar-refractivity contribution in [2.24, 2.45) is 29.4 Å². The van der Waals surface area contributed by atoms with Crippen LogP contribution >= 0.6 is 0 Å². The molecule has 0 bridgehead atoms. The van der Waals surface area contributed by atoms with Gasteiger partial charge in [-0.25, -0.2) is 0 Å². The van der Waals surface area contributed by atoms with Crippen molar-refractivity contribution in [2.75, 3.05) is 11.9 Å². The molecule has 134 valence electrons. The molecule has 1 aliphatic rings. The van der Waals surface area contributed by atoms with Crippen LogP contribution in [0.4, 0.5) is 5.69 Å². The Morgan fingerprint density at radius 1 is 1.25 bits per heavy atom. The van der Waals surface area contributed by atoms with Crippen LogP contribution in [-0.2, 0) is 11.2 Å². The molecule has 0 aromatic heterocycles. The maximum Gasteiger partial charge on any atom is 0.140 e. The summed E-state index contributed by atoms with van der Waals surface area (Å²) in [7, 11) is 0. The van der Waals surface area contributed by atoms with Gasteiger partial charge >= 0.3 is 0 Å². The number of hydrogen-bond acceptors (Lipinski definition) is 3. The molecule has 1 aromatic carbocycles. The van der Waals surface area contributed by atoms with Crippen molar-refractivity contribution in [3.63, 3.8) is 0 Å². The summed E-state index contributed by atoms with van der Waals surface area (Å²) in [6.07, 6.45) is 4.04. The fourth-order valence-corrected chi connectivity index (χ4v) is 4.01. The molecule has 3 N–H and O–H groups in total. The van der Waals surface area contributed by atoms with Crippen molar-refractivity contribution in [3.05, 3.63) is 29.8 Å². The van der Waals surface area contributed by atoms with Crippen molar-refractivity contribution >= 4 is 11.5 Å². The van der Waals surface area contributed by atoms with Gasteiger partial charge in [-0.15, -0.1) is 0 Å². The molecule has 3 nitrogen and oxygen atoms in total. The third-order valence-corrected chi connectivity index (χ3v) is 5.43. The summed E-state index contributed by atoms with van der Waals surface area (Å²) in [6.45, 7) is 9.52. The van der Waals surface area contributed by atoms with Crippen LogP contribution in [-0.4, -0.2) is 18.4 Å². The fraction of sp³-hybridized carbons (Fsp3) is 0.667. The van der Waals surface area contributed by atoms with Gasteiger partial charge in [-0.2, -0.15) is 0 Å². The summed E-state index contributed by atoms with van der Waals surface area (Å²) >= 11 is 0. The molecule has 4 atom stereocenters. The van der Waals surface area contributed by atoms with Gasteiger partial charge in [0.2, 0.25) is 0 Å². The Kier molecular flexibility index (Phi) is 6.85. The first-order chi connectivity index (χ1) is 11.4. The van der Waals surface area contributed by atoms with E-state index >= 15 is 0 Å². The molecule has 0 spiro atoms. The Morgan fingerprint density at radius 2 is 1.96 bits per heavy atom. The van der Waals surface area contributed by atoms with Crippen LogP contribution in [0.2, 0.25) is 0 Å². The Hall–Kier alpha value is -1.35. The summed E-state index contributed by atoms with van der Waals surface area (Å²) in [5.41, 5.74) is 8.00. The average molecular weight is 331 g/mol. The molecular formula is C21H34N2O. The van der Waals surface area contributed by atoms with Crippen molar-refractivity contribution in [2.45, 2.75) is 59.4 Å². The lowest BCUT2D eigenvalue weighted by atomic mass is 9.68. The number of hydrogen-bond donors (Lipinski definition) is 2. The van der Waals surface area contributed by atoms with Crippen LogP contribution in [0.5, 0.6) is 0 Å². The zero-order valence-electron chi connectivity index (χ0n) is 15.7. The number of carbonyl (C=O) groups is 1. The van der Waals surface area contributed by atoms with E-state index in [1.54, 1.807) is 0 Å². The molecule has 1 aromatic rings. The molecule has 0 saturated heterocycles. The normalized spacial score (nSPS) is 25.5. The van der Waals surface area contributed by atoms with Gasteiger partial charge in [0.25, 0.3) is 0 Å². The summed E-state index contributed by atoms with van der Waals surface area (Å²) in [6, 6.07) is 8.24. The largest absolute Gasteiger partial charge is 0.383 e. The molecule has 1 aliphatic carbocycles. The highest BCUT2D eigenvalue weighted by molar-refractivity contribution is 5.85. The number of carbonyl (C=O) groups excluding carboxylic acids is 1. The number of para-hydroxylation sites is 1. The molecule has 0 aliphatic heterocycles. The van der Waals surface area contributed by atoms with E-state index in [0.717, 1.165) is 24.2 Å². The predicted molar refractivity (Wildman–Crippen MR) is 102 cm³/mol. The molecular weight excluding hydrogens is 296 g/mol. The second-order valence-corrected chi connectivity index (χ2v) is 8.09. The van der Waals surface area contributed by atoms with Gasteiger partial charge in [0.1, 0.15) is 5.78 Å². The third-order valence-electron chi connectivity index (χ3n) is 5.43. The Morgan fingerprint density at radius 3 is 2.62 bits per heavy atom. The van der Waals surface area contributed by atoms with E-state index in [2.05, 4.69) is 38.2 Å². The SMILES string of the molecule is CC(C)[C@@H]1CC[C@@H](C)C[C@H]1C(=O)Cc1ccccc1NC[C@@H](C)N. The lowest BCUT2D eigenvalue weighted by Gasteiger charge is -2.36. The molecule has 2 rings (SSSR count). The second-order valence-electron chi connectivity index (χ2n) is 8.09. The van der Waals surface area contributed by atoms with Gasteiger partial charge in [0.05, 0.1) is 0 Å². The van der Waals surface area contributed by atoms with E-state index in [-0.39, 0.29) is 12.0 Å². The number of ketones is 1. The van der Waals surface area contributed by atoms with Crippen molar-refractivity contribution in [1.29, 1.82) is 0 Å². The van der Waals surface area contributed by atoms with Gasteiger partial charge in [0.15, 0.2) is 0 Å². The molecule has 0 unspecified atom stereocenters. The molecule has 0 heterocycles.